The Morgan fingerprint density at radius 2 is 1.86 bits per heavy atom. The van der Waals surface area contributed by atoms with Crippen LogP contribution in [0.15, 0.2) is 42.5 Å². The first kappa shape index (κ1) is 30.1. The highest BCUT2D eigenvalue weighted by Gasteiger charge is 2.47. The standard InChI is InChI=1S/C29H33ClN6O7/c1-34(2)20-14-36(15-20)24(37)13-23(32-25(38)17-4-7-19(8-5-17)31-27(40)41)26(39)35-11-3-10-29(16-35)21-12-18(30)6-9-22(21)33-28(42)43-29/h4-9,12,20,23,31H,3,10-11,13-16H2,1-2H3,(H,32,38)(H,33,42)(H,40,41)/t23-,29-/m0/s1. The molecule has 2 saturated heterocycles. The van der Waals surface area contributed by atoms with Crippen molar-refractivity contribution in [3.05, 3.63) is 58.6 Å². The SMILES string of the molecule is CN(C)C1CN(C(=O)C[C@H](NC(=O)c2ccc(NC(=O)O)cc2)C(=O)N2CCC[C@@]3(C2)OC(=O)Nc2ccc(Cl)cc23)C1. The molecule has 1 spiro atoms. The molecule has 5 amide bonds. The maximum absolute atomic E-state index is 14.0. The molecule has 3 aliphatic heterocycles. The average Bonchev–Trinajstić information content (AvgIpc) is 2.92. The molecule has 0 aliphatic carbocycles. The van der Waals surface area contributed by atoms with Crippen molar-refractivity contribution in [2.75, 3.05) is 50.9 Å². The second-order valence-electron chi connectivity index (χ2n) is 11.2. The maximum Gasteiger partial charge on any atom is 0.412 e. The van der Waals surface area contributed by atoms with E-state index in [1.54, 1.807) is 23.1 Å². The van der Waals surface area contributed by atoms with Gasteiger partial charge in [0.25, 0.3) is 5.91 Å². The number of carboxylic acid groups (broad SMARTS) is 1. The van der Waals surface area contributed by atoms with Gasteiger partial charge in [-0.2, -0.15) is 0 Å². The summed E-state index contributed by atoms with van der Waals surface area (Å²) in [6, 6.07) is 9.77. The topological polar surface area (TPSA) is 161 Å². The summed E-state index contributed by atoms with van der Waals surface area (Å²) in [4.78, 5) is 69.1. The molecule has 2 fully saturated rings. The Balaban J connectivity index is 1.37. The summed E-state index contributed by atoms with van der Waals surface area (Å²) in [5.74, 6) is -1.34. The molecule has 0 radical (unpaired) electrons. The lowest BCUT2D eigenvalue weighted by molar-refractivity contribution is -0.146. The van der Waals surface area contributed by atoms with Crippen molar-refractivity contribution < 1.29 is 33.8 Å². The van der Waals surface area contributed by atoms with Crippen LogP contribution < -0.4 is 16.0 Å². The summed E-state index contributed by atoms with van der Waals surface area (Å²) in [5.41, 5.74) is 0.515. The molecule has 4 N–H and O–H groups in total. The number of fused-ring (bicyclic) bond motifs is 2. The van der Waals surface area contributed by atoms with Crippen molar-refractivity contribution in [2.45, 2.75) is 36.9 Å². The summed E-state index contributed by atoms with van der Waals surface area (Å²) in [6.07, 6.45) is -1.17. The van der Waals surface area contributed by atoms with Crippen molar-refractivity contribution in [1.29, 1.82) is 0 Å². The van der Waals surface area contributed by atoms with E-state index >= 15 is 0 Å². The van der Waals surface area contributed by atoms with Gasteiger partial charge in [-0.25, -0.2) is 9.59 Å². The average molecular weight is 613 g/mol. The Morgan fingerprint density at radius 3 is 2.53 bits per heavy atom. The van der Waals surface area contributed by atoms with Crippen LogP contribution in [0.3, 0.4) is 0 Å². The van der Waals surface area contributed by atoms with Crippen LogP contribution in [0.4, 0.5) is 21.0 Å². The predicted octanol–water partition coefficient (Wildman–Crippen LogP) is 2.77. The molecule has 2 aromatic rings. The molecule has 3 heterocycles. The van der Waals surface area contributed by atoms with E-state index < -0.39 is 35.6 Å². The zero-order valence-corrected chi connectivity index (χ0v) is 24.5. The lowest BCUT2D eigenvalue weighted by Crippen LogP contribution is -2.61. The van der Waals surface area contributed by atoms with Crippen LogP contribution in [-0.4, -0.2) is 102 Å². The Labute approximate surface area is 253 Å². The summed E-state index contributed by atoms with van der Waals surface area (Å²) in [6.45, 7) is 1.40. The molecule has 0 saturated carbocycles. The number of halogens is 1. The van der Waals surface area contributed by atoms with Crippen molar-refractivity contribution in [3.63, 3.8) is 0 Å². The molecule has 0 aromatic heterocycles. The first-order chi connectivity index (χ1) is 20.4. The second kappa shape index (κ2) is 12.1. The number of ether oxygens (including phenoxy) is 1. The summed E-state index contributed by atoms with van der Waals surface area (Å²) >= 11 is 6.28. The molecular formula is C29H33ClN6O7. The minimum atomic E-state index is -1.24. The van der Waals surface area contributed by atoms with Crippen molar-refractivity contribution in [2.24, 2.45) is 0 Å². The highest BCUT2D eigenvalue weighted by molar-refractivity contribution is 6.30. The number of amides is 5. The minimum absolute atomic E-state index is 0.0229. The summed E-state index contributed by atoms with van der Waals surface area (Å²) < 4.78 is 5.81. The van der Waals surface area contributed by atoms with Gasteiger partial charge in [0.2, 0.25) is 11.8 Å². The maximum atomic E-state index is 14.0. The van der Waals surface area contributed by atoms with Crippen molar-refractivity contribution >= 4 is 52.9 Å². The number of hydrogen-bond acceptors (Lipinski definition) is 7. The number of nitrogens with one attached hydrogen (secondary N) is 3. The van der Waals surface area contributed by atoms with Gasteiger partial charge in [0.15, 0.2) is 5.60 Å². The van der Waals surface area contributed by atoms with Crippen LogP contribution in [0, 0.1) is 0 Å². The zero-order valence-electron chi connectivity index (χ0n) is 23.8. The fourth-order valence-corrected chi connectivity index (χ4v) is 5.84. The first-order valence-electron chi connectivity index (χ1n) is 13.9. The fraction of sp³-hybridized carbons (Fsp3) is 0.414. The molecule has 2 atom stereocenters. The predicted molar refractivity (Wildman–Crippen MR) is 157 cm³/mol. The van der Waals surface area contributed by atoms with Gasteiger partial charge in [-0.3, -0.25) is 25.0 Å². The van der Waals surface area contributed by atoms with Gasteiger partial charge in [0.1, 0.15) is 6.04 Å². The Morgan fingerprint density at radius 1 is 1.14 bits per heavy atom. The fourth-order valence-electron chi connectivity index (χ4n) is 5.66. The van der Waals surface area contributed by atoms with Gasteiger partial charge in [0, 0.05) is 47.5 Å². The first-order valence-corrected chi connectivity index (χ1v) is 14.3. The lowest BCUT2D eigenvalue weighted by Gasteiger charge is -2.46. The number of anilines is 2. The van der Waals surface area contributed by atoms with E-state index in [1.165, 1.54) is 29.2 Å². The normalized spacial score (nSPS) is 20.4. The van der Waals surface area contributed by atoms with Crippen LogP contribution >= 0.6 is 11.6 Å². The second-order valence-corrected chi connectivity index (χ2v) is 11.7. The van der Waals surface area contributed by atoms with Crippen LogP contribution in [0.2, 0.25) is 5.02 Å². The smallest absolute Gasteiger partial charge is 0.412 e. The van der Waals surface area contributed by atoms with Gasteiger partial charge in [-0.05, 0) is 69.4 Å². The zero-order chi connectivity index (χ0) is 30.9. The van der Waals surface area contributed by atoms with Gasteiger partial charge < -0.3 is 29.9 Å². The Kier molecular flexibility index (Phi) is 8.47. The third-order valence-electron chi connectivity index (χ3n) is 8.09. The van der Waals surface area contributed by atoms with Gasteiger partial charge in [-0.1, -0.05) is 11.6 Å². The van der Waals surface area contributed by atoms with E-state index in [1.807, 2.05) is 19.0 Å². The number of likely N-dealkylation sites (N-methyl/N-ethyl adjacent to an activating group) is 1. The highest BCUT2D eigenvalue weighted by Crippen LogP contribution is 2.43. The third kappa shape index (κ3) is 6.52. The summed E-state index contributed by atoms with van der Waals surface area (Å²) in [5, 5.41) is 17.0. The van der Waals surface area contributed by atoms with Gasteiger partial charge in [-0.15, -0.1) is 0 Å². The largest absolute Gasteiger partial charge is 0.465 e. The molecule has 0 unspecified atom stereocenters. The number of piperidine rings is 1. The number of carbonyl (C=O) groups is 5. The van der Waals surface area contributed by atoms with Crippen molar-refractivity contribution in [1.82, 2.24) is 20.0 Å². The van der Waals surface area contributed by atoms with Crippen LogP contribution in [-0.2, 0) is 19.9 Å². The number of carbonyl (C=O) groups excluding carboxylic acids is 4. The third-order valence-corrected chi connectivity index (χ3v) is 8.32. The van der Waals surface area contributed by atoms with E-state index in [-0.39, 0.29) is 36.2 Å². The molecule has 3 aliphatic rings. The number of rotatable bonds is 7. The molecule has 0 bridgehead atoms. The number of nitrogens with zero attached hydrogens (tertiary/aromatic N) is 3. The van der Waals surface area contributed by atoms with E-state index in [9.17, 15) is 24.0 Å². The molecule has 43 heavy (non-hydrogen) atoms. The van der Waals surface area contributed by atoms with E-state index in [4.69, 9.17) is 21.4 Å². The molecular weight excluding hydrogens is 580 g/mol. The minimum Gasteiger partial charge on any atom is -0.465 e. The van der Waals surface area contributed by atoms with Crippen LogP contribution in [0.25, 0.3) is 0 Å². The monoisotopic (exact) mass is 612 g/mol. The van der Waals surface area contributed by atoms with E-state index in [0.717, 1.165) is 0 Å². The van der Waals surface area contributed by atoms with Crippen LogP contribution in [0.1, 0.15) is 35.2 Å². The number of benzene rings is 2. The molecule has 14 heteroatoms. The van der Waals surface area contributed by atoms with Crippen LogP contribution in [0.5, 0.6) is 0 Å². The summed E-state index contributed by atoms with van der Waals surface area (Å²) in [7, 11) is 3.86. The quantitative estimate of drug-likeness (QED) is 0.371. The lowest BCUT2D eigenvalue weighted by atomic mass is 9.83. The van der Waals surface area contributed by atoms with Gasteiger partial charge in [0.05, 0.1) is 18.7 Å². The van der Waals surface area contributed by atoms with Gasteiger partial charge >= 0.3 is 12.2 Å². The molecule has 2 aromatic carbocycles. The molecule has 13 nitrogen and oxygen atoms in total. The van der Waals surface area contributed by atoms with E-state index in [0.29, 0.717) is 48.7 Å². The number of hydrogen-bond donors (Lipinski definition) is 4. The van der Waals surface area contributed by atoms with Crippen molar-refractivity contribution in [3.8, 4) is 0 Å². The Bertz CT molecular complexity index is 1450. The molecule has 5 rings (SSSR count). The highest BCUT2D eigenvalue weighted by atomic mass is 35.5. The molecule has 228 valence electrons. The number of likely N-dealkylation sites (tertiary alicyclic amines) is 2. The Hall–Kier alpha value is -4.36. The van der Waals surface area contributed by atoms with E-state index in [2.05, 4.69) is 16.0 Å².